The number of thiophene rings is 1. The van der Waals surface area contributed by atoms with Crippen LogP contribution in [0.5, 0.6) is 0 Å². The summed E-state index contributed by atoms with van der Waals surface area (Å²) >= 11 is 1.87. The van der Waals surface area contributed by atoms with Crippen LogP contribution in [0.3, 0.4) is 0 Å². The number of pyridine rings is 1. The van der Waals surface area contributed by atoms with Crippen LogP contribution in [0, 0.1) is 17.9 Å². The Morgan fingerprint density at radius 3 is 2.08 bits per heavy atom. The van der Waals surface area contributed by atoms with Gasteiger partial charge in [-0.2, -0.15) is 0 Å². The van der Waals surface area contributed by atoms with E-state index in [1.807, 2.05) is 45.2 Å². The van der Waals surface area contributed by atoms with Gasteiger partial charge in [-0.15, -0.1) is 40.5 Å². The number of nitrogens with zero attached hydrogens (tertiary/aromatic N) is 1. The van der Waals surface area contributed by atoms with E-state index in [-0.39, 0.29) is 48.9 Å². The summed E-state index contributed by atoms with van der Waals surface area (Å²) in [6.07, 6.45) is 9.23. The zero-order valence-corrected chi connectivity index (χ0v) is 33.6. The largest absolute Gasteiger partial charge is 0.512 e. The number of aliphatic hydroxyl groups excluding tert-OH is 1. The number of aromatic nitrogens is 1. The summed E-state index contributed by atoms with van der Waals surface area (Å²) in [6, 6.07) is 23.8. The maximum Gasteiger partial charge on any atom is 0.162 e. The van der Waals surface area contributed by atoms with Crippen molar-refractivity contribution in [1.82, 2.24) is 4.98 Å². The molecular weight excluding hydrogens is 787 g/mol. The van der Waals surface area contributed by atoms with Gasteiger partial charge in [-0.05, 0) is 78.3 Å². The fourth-order valence-corrected chi connectivity index (χ4v) is 7.93. The van der Waals surface area contributed by atoms with Crippen LogP contribution in [0.25, 0.3) is 42.2 Å². The normalized spacial score (nSPS) is 12.2. The number of hydrogen-bond donors (Lipinski definition) is 1. The SMILES string of the molecule is CCC(CC)C(=O)/C=C(\O)C(CC)CC.CCC(CC)c1ccc2c(c1)sc1c(-c3[c-]c4ccccc4c(C(C)(C)C)c3)nccc12.[Ir]. The van der Waals surface area contributed by atoms with Crippen molar-refractivity contribution in [2.75, 3.05) is 0 Å². The van der Waals surface area contributed by atoms with E-state index in [1.165, 1.54) is 55.6 Å². The number of ketones is 1. The Bertz CT molecular complexity index is 1840. The molecule has 48 heavy (non-hydrogen) atoms. The topological polar surface area (TPSA) is 50.2 Å². The first-order valence-corrected chi connectivity index (χ1v) is 18.5. The minimum Gasteiger partial charge on any atom is -0.512 e. The van der Waals surface area contributed by atoms with Crippen molar-refractivity contribution in [3.8, 4) is 11.3 Å². The molecule has 0 atom stereocenters. The molecule has 0 aliphatic heterocycles. The molecule has 0 unspecified atom stereocenters. The zero-order chi connectivity index (χ0) is 34.3. The van der Waals surface area contributed by atoms with Gasteiger partial charge in [-0.25, -0.2) is 0 Å². The van der Waals surface area contributed by atoms with E-state index in [4.69, 9.17) is 4.98 Å². The second-order valence-electron chi connectivity index (χ2n) is 13.8. The number of benzene rings is 3. The molecule has 0 bridgehead atoms. The fraction of sp³-hybridized carbons (Fsp3) is 0.442. The smallest absolute Gasteiger partial charge is 0.162 e. The van der Waals surface area contributed by atoms with E-state index >= 15 is 0 Å². The minimum absolute atomic E-state index is 0. The molecule has 0 saturated heterocycles. The molecule has 5 heteroatoms. The number of fused-ring (bicyclic) bond motifs is 4. The van der Waals surface area contributed by atoms with E-state index in [9.17, 15) is 9.90 Å². The molecule has 5 rings (SSSR count). The van der Waals surface area contributed by atoms with Gasteiger partial charge in [0.15, 0.2) is 5.78 Å². The average Bonchev–Trinajstić information content (AvgIpc) is 3.44. The van der Waals surface area contributed by atoms with Crippen molar-refractivity contribution in [3.05, 3.63) is 89.8 Å². The maximum absolute atomic E-state index is 11.7. The Hall–Kier alpha value is -2.85. The second kappa shape index (κ2) is 17.7. The molecule has 0 amide bonds. The monoisotopic (exact) mass is 841 g/mol. The van der Waals surface area contributed by atoms with E-state index in [0.29, 0.717) is 5.92 Å². The van der Waals surface area contributed by atoms with Gasteiger partial charge >= 0.3 is 0 Å². The predicted octanol–water partition coefficient (Wildman–Crippen LogP) is 13.1. The third-order valence-electron chi connectivity index (χ3n) is 9.79. The first-order valence-electron chi connectivity index (χ1n) is 17.7. The number of aliphatic hydroxyl groups is 1. The summed E-state index contributed by atoms with van der Waals surface area (Å²) in [6.45, 7) is 19.5. The van der Waals surface area contributed by atoms with E-state index in [2.05, 4.69) is 95.3 Å². The third kappa shape index (κ3) is 8.83. The zero-order valence-electron chi connectivity index (χ0n) is 30.4. The molecule has 0 aliphatic carbocycles. The molecule has 3 aromatic carbocycles. The quantitative estimate of drug-likeness (QED) is 0.0819. The molecule has 0 saturated carbocycles. The van der Waals surface area contributed by atoms with Crippen LogP contribution in [-0.4, -0.2) is 15.9 Å². The van der Waals surface area contributed by atoms with Crippen LogP contribution in [0.15, 0.2) is 72.6 Å². The van der Waals surface area contributed by atoms with Crippen LogP contribution >= 0.6 is 11.3 Å². The van der Waals surface area contributed by atoms with Crippen LogP contribution in [0.4, 0.5) is 0 Å². The Morgan fingerprint density at radius 1 is 0.833 bits per heavy atom. The minimum atomic E-state index is 0. The van der Waals surface area contributed by atoms with Crippen molar-refractivity contribution in [2.45, 2.75) is 112 Å². The maximum atomic E-state index is 11.7. The fourth-order valence-electron chi connectivity index (χ4n) is 6.68. The summed E-state index contributed by atoms with van der Waals surface area (Å²) < 4.78 is 2.62. The van der Waals surface area contributed by atoms with Gasteiger partial charge in [0.1, 0.15) is 0 Å². The van der Waals surface area contributed by atoms with E-state index in [0.717, 1.165) is 42.3 Å². The average molecular weight is 841 g/mol. The summed E-state index contributed by atoms with van der Waals surface area (Å²) in [7, 11) is 0. The molecule has 2 aromatic heterocycles. The van der Waals surface area contributed by atoms with E-state index in [1.54, 1.807) is 0 Å². The Balaban J connectivity index is 0.000000334. The van der Waals surface area contributed by atoms with Crippen molar-refractivity contribution in [3.63, 3.8) is 0 Å². The first-order chi connectivity index (χ1) is 22.5. The van der Waals surface area contributed by atoms with Gasteiger partial charge in [0.05, 0.1) is 5.76 Å². The first kappa shape index (κ1) is 39.6. The third-order valence-corrected chi connectivity index (χ3v) is 11.0. The molecule has 1 radical (unpaired) electrons. The van der Waals surface area contributed by atoms with Gasteiger partial charge < -0.3 is 5.11 Å². The Labute approximate surface area is 306 Å². The second-order valence-corrected chi connectivity index (χ2v) is 14.9. The van der Waals surface area contributed by atoms with Crippen LogP contribution in [-0.2, 0) is 30.3 Å². The van der Waals surface area contributed by atoms with Gasteiger partial charge in [-0.1, -0.05) is 104 Å². The molecule has 259 valence electrons. The standard InChI is InChI=1S/C30H30NS.C13H24O2.Ir/c1-6-19(7-2)20-12-13-24-25-14-15-31-28(29(25)32-27(24)18-20)22-16-21-10-8-9-11-23(21)26(17-22)30(3,4)5;1-5-10(6-2)12(14)9-13(15)11(7-3)8-4;/h8-15,17-19H,6-7H2,1-5H3;9-11,14H,5-8H2,1-4H3;/q-1;;/b;12-9-;. The van der Waals surface area contributed by atoms with Gasteiger partial charge in [0, 0.05) is 59.3 Å². The predicted molar refractivity (Wildman–Crippen MR) is 205 cm³/mol. The van der Waals surface area contributed by atoms with E-state index < -0.39 is 0 Å². The summed E-state index contributed by atoms with van der Waals surface area (Å²) in [5.41, 5.74) is 4.98. The molecule has 0 fully saturated rings. The molecule has 1 N–H and O–H groups in total. The number of allylic oxidation sites excluding steroid dienone is 2. The summed E-state index contributed by atoms with van der Waals surface area (Å²) in [4.78, 5) is 16.6. The summed E-state index contributed by atoms with van der Waals surface area (Å²) in [5.74, 6) is 1.18. The number of rotatable bonds is 11. The van der Waals surface area contributed by atoms with Crippen molar-refractivity contribution in [2.24, 2.45) is 11.8 Å². The molecule has 5 aromatic rings. The van der Waals surface area contributed by atoms with Crippen molar-refractivity contribution < 1.29 is 30.0 Å². The molecule has 3 nitrogen and oxygen atoms in total. The molecular formula is C43H54IrNO2S-. The Morgan fingerprint density at radius 2 is 1.48 bits per heavy atom. The van der Waals surface area contributed by atoms with Gasteiger partial charge in [0.25, 0.3) is 0 Å². The van der Waals surface area contributed by atoms with Crippen molar-refractivity contribution in [1.29, 1.82) is 0 Å². The van der Waals surface area contributed by atoms with Crippen LogP contribution in [0.2, 0.25) is 0 Å². The van der Waals surface area contributed by atoms with Crippen LogP contribution in [0.1, 0.15) is 118 Å². The Kier molecular flexibility index (Phi) is 14.6. The van der Waals surface area contributed by atoms with Gasteiger partial charge in [-0.3, -0.25) is 9.78 Å². The number of hydrogen-bond acceptors (Lipinski definition) is 4. The molecule has 2 heterocycles. The molecule has 0 spiro atoms. The number of carbonyl (C=O) groups is 1. The van der Waals surface area contributed by atoms with Gasteiger partial charge in [0.2, 0.25) is 0 Å². The van der Waals surface area contributed by atoms with Crippen molar-refractivity contribution >= 4 is 48.1 Å². The molecule has 0 aliphatic rings. The number of carbonyl (C=O) groups excluding carboxylic acids is 1. The van der Waals surface area contributed by atoms with Crippen LogP contribution < -0.4 is 0 Å². The summed E-state index contributed by atoms with van der Waals surface area (Å²) in [5, 5.41) is 14.8.